The SMILES string of the molecule is CCN(CC#N)C(=O)C[C@H](C)c1cccc(OC)c1. The molecule has 4 nitrogen and oxygen atoms in total. The monoisotopic (exact) mass is 260 g/mol. The van der Waals surface area contributed by atoms with Crippen LogP contribution in [-0.2, 0) is 4.79 Å². The molecule has 0 heterocycles. The second-order valence-corrected chi connectivity index (χ2v) is 4.45. The molecule has 0 aliphatic rings. The Morgan fingerprint density at radius 1 is 1.53 bits per heavy atom. The average Bonchev–Trinajstić information content (AvgIpc) is 2.44. The topological polar surface area (TPSA) is 53.3 Å². The first-order valence-corrected chi connectivity index (χ1v) is 6.41. The molecule has 0 fully saturated rings. The quantitative estimate of drug-likeness (QED) is 0.739. The summed E-state index contributed by atoms with van der Waals surface area (Å²) in [6.45, 7) is 4.61. The maximum atomic E-state index is 12.0. The first-order chi connectivity index (χ1) is 9.12. The van der Waals surface area contributed by atoms with E-state index in [1.807, 2.05) is 44.2 Å². The van der Waals surface area contributed by atoms with Crippen LogP contribution in [0.25, 0.3) is 0 Å². The van der Waals surface area contributed by atoms with Crippen LogP contribution < -0.4 is 4.74 Å². The second kappa shape index (κ2) is 7.42. The molecule has 1 aromatic rings. The number of nitrogens with zero attached hydrogens (tertiary/aromatic N) is 2. The van der Waals surface area contributed by atoms with E-state index in [1.54, 1.807) is 12.0 Å². The highest BCUT2D eigenvalue weighted by Gasteiger charge is 2.16. The van der Waals surface area contributed by atoms with Crippen molar-refractivity contribution in [2.45, 2.75) is 26.2 Å². The third-order valence-electron chi connectivity index (χ3n) is 3.14. The number of carbonyl (C=O) groups excluding carboxylic acids is 1. The smallest absolute Gasteiger partial charge is 0.224 e. The zero-order valence-electron chi connectivity index (χ0n) is 11.7. The zero-order chi connectivity index (χ0) is 14.3. The van der Waals surface area contributed by atoms with Crippen LogP contribution in [-0.4, -0.2) is 31.0 Å². The number of amides is 1. The molecule has 0 saturated heterocycles. The van der Waals surface area contributed by atoms with Crippen LogP contribution in [0.4, 0.5) is 0 Å². The average molecular weight is 260 g/mol. The summed E-state index contributed by atoms with van der Waals surface area (Å²) in [7, 11) is 1.63. The van der Waals surface area contributed by atoms with E-state index in [2.05, 4.69) is 0 Å². The molecule has 0 spiro atoms. The highest BCUT2D eigenvalue weighted by molar-refractivity contribution is 5.77. The Balaban J connectivity index is 2.70. The minimum Gasteiger partial charge on any atom is -0.497 e. The lowest BCUT2D eigenvalue weighted by Gasteiger charge is -2.20. The third kappa shape index (κ3) is 4.29. The maximum Gasteiger partial charge on any atom is 0.224 e. The van der Waals surface area contributed by atoms with Crippen molar-refractivity contribution in [1.29, 1.82) is 5.26 Å². The molecule has 0 unspecified atom stereocenters. The molecule has 4 heteroatoms. The van der Waals surface area contributed by atoms with E-state index in [4.69, 9.17) is 10.00 Å². The normalized spacial score (nSPS) is 11.5. The summed E-state index contributed by atoms with van der Waals surface area (Å²) in [4.78, 5) is 13.6. The van der Waals surface area contributed by atoms with E-state index in [-0.39, 0.29) is 18.4 Å². The Kier molecular flexibility index (Phi) is 5.87. The van der Waals surface area contributed by atoms with E-state index in [0.29, 0.717) is 13.0 Å². The number of methoxy groups -OCH3 is 1. The van der Waals surface area contributed by atoms with Gasteiger partial charge in [0.05, 0.1) is 13.2 Å². The summed E-state index contributed by atoms with van der Waals surface area (Å²) < 4.78 is 5.18. The summed E-state index contributed by atoms with van der Waals surface area (Å²) in [5.74, 6) is 0.913. The van der Waals surface area contributed by atoms with Gasteiger partial charge in [-0.2, -0.15) is 5.26 Å². The van der Waals surface area contributed by atoms with Crippen molar-refractivity contribution in [3.63, 3.8) is 0 Å². The van der Waals surface area contributed by atoms with Crippen molar-refractivity contribution in [3.8, 4) is 11.8 Å². The lowest BCUT2D eigenvalue weighted by Crippen LogP contribution is -2.31. The number of carbonyl (C=O) groups is 1. The van der Waals surface area contributed by atoms with Gasteiger partial charge in [-0.25, -0.2) is 0 Å². The van der Waals surface area contributed by atoms with Gasteiger partial charge < -0.3 is 9.64 Å². The summed E-state index contributed by atoms with van der Waals surface area (Å²) >= 11 is 0. The second-order valence-electron chi connectivity index (χ2n) is 4.45. The van der Waals surface area contributed by atoms with Crippen molar-refractivity contribution < 1.29 is 9.53 Å². The van der Waals surface area contributed by atoms with Gasteiger partial charge in [0, 0.05) is 13.0 Å². The van der Waals surface area contributed by atoms with Gasteiger partial charge in [-0.3, -0.25) is 4.79 Å². The molecule has 0 aromatic heterocycles. The Morgan fingerprint density at radius 2 is 2.26 bits per heavy atom. The molecule has 1 aromatic carbocycles. The molecular weight excluding hydrogens is 240 g/mol. The number of rotatable bonds is 6. The number of nitriles is 1. The number of benzene rings is 1. The van der Waals surface area contributed by atoms with Crippen LogP contribution in [0.3, 0.4) is 0 Å². The number of hydrogen-bond donors (Lipinski definition) is 0. The van der Waals surface area contributed by atoms with Crippen LogP contribution in [0.1, 0.15) is 31.7 Å². The van der Waals surface area contributed by atoms with Gasteiger partial charge in [-0.15, -0.1) is 0 Å². The molecule has 0 radical (unpaired) electrons. The minimum atomic E-state index is 0.0133. The highest BCUT2D eigenvalue weighted by Crippen LogP contribution is 2.23. The standard InChI is InChI=1S/C15H20N2O2/c1-4-17(9-8-16)15(18)10-12(2)13-6-5-7-14(11-13)19-3/h5-7,11-12H,4,9-10H2,1-3H3/t12-/m0/s1. The number of hydrogen-bond acceptors (Lipinski definition) is 3. The third-order valence-corrected chi connectivity index (χ3v) is 3.14. The fourth-order valence-corrected chi connectivity index (χ4v) is 1.92. The van der Waals surface area contributed by atoms with Crippen molar-refractivity contribution in [2.75, 3.05) is 20.2 Å². The van der Waals surface area contributed by atoms with E-state index in [9.17, 15) is 4.79 Å². The van der Waals surface area contributed by atoms with Gasteiger partial charge in [0.25, 0.3) is 0 Å². The molecule has 102 valence electrons. The zero-order valence-corrected chi connectivity index (χ0v) is 11.7. The van der Waals surface area contributed by atoms with Crippen LogP contribution in [0.15, 0.2) is 24.3 Å². The van der Waals surface area contributed by atoms with Crippen LogP contribution in [0.2, 0.25) is 0 Å². The van der Waals surface area contributed by atoms with Gasteiger partial charge in [0.1, 0.15) is 12.3 Å². The largest absolute Gasteiger partial charge is 0.497 e. The fourth-order valence-electron chi connectivity index (χ4n) is 1.92. The van der Waals surface area contributed by atoms with Crippen molar-refractivity contribution in [3.05, 3.63) is 29.8 Å². The molecule has 1 atom stereocenters. The predicted octanol–water partition coefficient (Wildman–Crippen LogP) is 2.56. The van der Waals surface area contributed by atoms with Crippen molar-refractivity contribution in [2.24, 2.45) is 0 Å². The molecule has 1 amide bonds. The van der Waals surface area contributed by atoms with Crippen LogP contribution >= 0.6 is 0 Å². The van der Waals surface area contributed by atoms with E-state index in [0.717, 1.165) is 11.3 Å². The van der Waals surface area contributed by atoms with Gasteiger partial charge in [0.2, 0.25) is 5.91 Å². The van der Waals surface area contributed by atoms with Gasteiger partial charge in [0.15, 0.2) is 0 Å². The fraction of sp³-hybridized carbons (Fsp3) is 0.467. The molecule has 0 aliphatic carbocycles. The minimum absolute atomic E-state index is 0.0133. The summed E-state index contributed by atoms with van der Waals surface area (Å²) in [5.41, 5.74) is 1.07. The van der Waals surface area contributed by atoms with Crippen LogP contribution in [0.5, 0.6) is 5.75 Å². The first-order valence-electron chi connectivity index (χ1n) is 6.41. The molecule has 0 bridgehead atoms. The van der Waals surface area contributed by atoms with E-state index >= 15 is 0 Å². The molecule has 19 heavy (non-hydrogen) atoms. The van der Waals surface area contributed by atoms with Gasteiger partial charge >= 0.3 is 0 Å². The Labute approximate surface area is 114 Å². The van der Waals surface area contributed by atoms with Crippen molar-refractivity contribution in [1.82, 2.24) is 4.90 Å². The molecule has 0 aliphatic heterocycles. The number of ether oxygens (including phenoxy) is 1. The van der Waals surface area contributed by atoms with Gasteiger partial charge in [-0.1, -0.05) is 19.1 Å². The first kappa shape index (κ1) is 15.0. The van der Waals surface area contributed by atoms with Gasteiger partial charge in [-0.05, 0) is 30.5 Å². The Hall–Kier alpha value is -2.02. The highest BCUT2D eigenvalue weighted by atomic mass is 16.5. The Bertz CT molecular complexity index is 465. The lowest BCUT2D eigenvalue weighted by molar-refractivity contribution is -0.130. The Morgan fingerprint density at radius 3 is 2.84 bits per heavy atom. The molecule has 1 rings (SSSR count). The summed E-state index contributed by atoms with van der Waals surface area (Å²) in [6, 6.07) is 9.75. The van der Waals surface area contributed by atoms with Crippen molar-refractivity contribution >= 4 is 5.91 Å². The molecular formula is C15H20N2O2. The summed E-state index contributed by atoms with van der Waals surface area (Å²) in [5, 5.41) is 8.68. The van der Waals surface area contributed by atoms with E-state index in [1.165, 1.54) is 0 Å². The van der Waals surface area contributed by atoms with E-state index < -0.39 is 0 Å². The maximum absolute atomic E-state index is 12.0. The lowest BCUT2D eigenvalue weighted by atomic mass is 9.97. The summed E-state index contributed by atoms with van der Waals surface area (Å²) in [6.07, 6.45) is 0.405. The molecule has 0 saturated carbocycles. The van der Waals surface area contributed by atoms with Crippen LogP contribution in [0, 0.1) is 11.3 Å². The molecule has 0 N–H and O–H groups in total. The predicted molar refractivity (Wildman–Crippen MR) is 73.9 cm³/mol.